The molecule has 4 heteroatoms. The van der Waals surface area contributed by atoms with Crippen LogP contribution in [0.4, 0.5) is 4.39 Å². The number of hydrogen-bond donors (Lipinski definition) is 2. The second-order valence-electron chi connectivity index (χ2n) is 4.63. The van der Waals surface area contributed by atoms with Crippen LogP contribution in [0.2, 0.25) is 0 Å². The summed E-state index contributed by atoms with van der Waals surface area (Å²) in [6.07, 6.45) is 0. The molecule has 0 bridgehead atoms. The molecule has 0 fully saturated rings. The van der Waals surface area contributed by atoms with Crippen molar-refractivity contribution in [1.82, 2.24) is 5.43 Å². The van der Waals surface area contributed by atoms with Gasteiger partial charge in [0.25, 0.3) is 0 Å². The van der Waals surface area contributed by atoms with Crippen molar-refractivity contribution < 1.29 is 4.39 Å². The minimum atomic E-state index is -0.277. The van der Waals surface area contributed by atoms with Crippen LogP contribution in [0.1, 0.15) is 28.3 Å². The van der Waals surface area contributed by atoms with Crippen molar-refractivity contribution in [2.24, 2.45) is 5.84 Å². The van der Waals surface area contributed by atoms with Gasteiger partial charge in [-0.3, -0.25) is 5.84 Å². The third-order valence-corrected chi connectivity index (χ3v) is 3.80. The van der Waals surface area contributed by atoms with Crippen LogP contribution in [0, 0.1) is 19.7 Å². The normalized spacial score (nSPS) is 12.5. The molecule has 0 aliphatic rings. The zero-order valence-electron chi connectivity index (χ0n) is 10.9. The quantitative estimate of drug-likeness (QED) is 0.667. The van der Waals surface area contributed by atoms with E-state index in [9.17, 15) is 4.39 Å². The van der Waals surface area contributed by atoms with Crippen molar-refractivity contribution in [1.29, 1.82) is 0 Å². The molecule has 0 saturated heterocycles. The van der Waals surface area contributed by atoms with Gasteiger partial charge in [0.15, 0.2) is 0 Å². The van der Waals surface area contributed by atoms with Crippen molar-refractivity contribution in [2.75, 3.05) is 0 Å². The molecule has 0 aliphatic heterocycles. The first-order valence-electron chi connectivity index (χ1n) is 6.01. The third kappa shape index (κ3) is 3.03. The van der Waals surface area contributed by atoms with E-state index in [-0.39, 0.29) is 11.9 Å². The minimum Gasteiger partial charge on any atom is -0.271 e. The van der Waals surface area contributed by atoms with E-state index in [2.05, 4.69) is 39.6 Å². The number of halogens is 2. The Morgan fingerprint density at radius 2 is 1.89 bits per heavy atom. The van der Waals surface area contributed by atoms with E-state index < -0.39 is 0 Å². The molecule has 0 radical (unpaired) electrons. The summed E-state index contributed by atoms with van der Waals surface area (Å²) in [5.74, 6) is 5.41. The maximum atomic E-state index is 13.3. The molecule has 1 atom stereocenters. The van der Waals surface area contributed by atoms with Crippen LogP contribution in [0.25, 0.3) is 0 Å². The number of nitrogens with one attached hydrogen (secondary N) is 1. The average molecular weight is 323 g/mol. The van der Waals surface area contributed by atoms with Gasteiger partial charge in [0.05, 0.1) is 10.5 Å². The predicted octanol–water partition coefficient (Wildman–Crippen LogP) is 3.76. The molecule has 2 aromatic rings. The van der Waals surface area contributed by atoms with Gasteiger partial charge in [-0.15, -0.1) is 0 Å². The lowest BCUT2D eigenvalue weighted by molar-refractivity contribution is 0.609. The first kappa shape index (κ1) is 14.2. The molecule has 0 aromatic heterocycles. The van der Waals surface area contributed by atoms with Crippen LogP contribution in [0.15, 0.2) is 40.9 Å². The standard InChI is InChI=1S/C15H16BrFN2/c1-9-3-4-10(2)12(7-9)15(19-18)11-5-6-14(17)13(16)8-11/h3-8,15,19H,18H2,1-2H3. The Balaban J connectivity index is 2.49. The fourth-order valence-electron chi connectivity index (χ4n) is 2.13. The fraction of sp³-hybridized carbons (Fsp3) is 0.200. The summed E-state index contributed by atoms with van der Waals surface area (Å²) in [5.41, 5.74) is 7.14. The Labute approximate surface area is 120 Å². The van der Waals surface area contributed by atoms with Crippen LogP contribution in [0.3, 0.4) is 0 Å². The third-order valence-electron chi connectivity index (χ3n) is 3.19. The first-order chi connectivity index (χ1) is 9.02. The van der Waals surface area contributed by atoms with Crippen molar-refractivity contribution in [2.45, 2.75) is 19.9 Å². The van der Waals surface area contributed by atoms with E-state index in [1.165, 1.54) is 11.6 Å². The summed E-state index contributed by atoms with van der Waals surface area (Å²) >= 11 is 3.21. The van der Waals surface area contributed by atoms with Gasteiger partial charge < -0.3 is 0 Å². The Morgan fingerprint density at radius 1 is 1.16 bits per heavy atom. The maximum Gasteiger partial charge on any atom is 0.137 e. The number of nitrogens with two attached hydrogens (primary N) is 1. The summed E-state index contributed by atoms with van der Waals surface area (Å²) in [6, 6.07) is 11.0. The number of hydrazine groups is 1. The molecule has 0 spiro atoms. The molecular weight excluding hydrogens is 307 g/mol. The fourth-order valence-corrected chi connectivity index (χ4v) is 2.52. The van der Waals surface area contributed by atoms with Crippen LogP contribution in [-0.4, -0.2) is 0 Å². The molecule has 0 saturated carbocycles. The number of benzene rings is 2. The van der Waals surface area contributed by atoms with Gasteiger partial charge >= 0.3 is 0 Å². The maximum absolute atomic E-state index is 13.3. The number of rotatable bonds is 3. The van der Waals surface area contributed by atoms with E-state index in [1.807, 2.05) is 13.8 Å². The highest BCUT2D eigenvalue weighted by atomic mass is 79.9. The molecule has 2 rings (SSSR count). The smallest absolute Gasteiger partial charge is 0.137 e. The summed E-state index contributed by atoms with van der Waals surface area (Å²) < 4.78 is 13.8. The van der Waals surface area contributed by atoms with Crippen LogP contribution in [-0.2, 0) is 0 Å². The molecule has 0 amide bonds. The highest BCUT2D eigenvalue weighted by Gasteiger charge is 2.16. The molecule has 19 heavy (non-hydrogen) atoms. The number of hydrogen-bond acceptors (Lipinski definition) is 2. The second-order valence-corrected chi connectivity index (χ2v) is 5.49. The Kier molecular flexibility index (Phi) is 4.34. The van der Waals surface area contributed by atoms with Gasteiger partial charge in [-0.1, -0.05) is 29.8 Å². The van der Waals surface area contributed by atoms with E-state index in [0.29, 0.717) is 4.47 Å². The van der Waals surface area contributed by atoms with Crippen LogP contribution >= 0.6 is 15.9 Å². The van der Waals surface area contributed by atoms with Gasteiger partial charge in [-0.25, -0.2) is 9.82 Å². The molecule has 0 aliphatic carbocycles. The minimum absolute atomic E-state index is 0.156. The molecule has 3 N–H and O–H groups in total. The summed E-state index contributed by atoms with van der Waals surface area (Å²) in [4.78, 5) is 0. The SMILES string of the molecule is Cc1ccc(C)c(C(NN)c2ccc(F)c(Br)c2)c1. The van der Waals surface area contributed by atoms with E-state index in [0.717, 1.165) is 16.7 Å². The monoisotopic (exact) mass is 322 g/mol. The van der Waals surface area contributed by atoms with Crippen molar-refractivity contribution in [3.63, 3.8) is 0 Å². The summed E-state index contributed by atoms with van der Waals surface area (Å²) in [7, 11) is 0. The molecule has 2 aromatic carbocycles. The zero-order valence-corrected chi connectivity index (χ0v) is 12.5. The lowest BCUT2D eigenvalue weighted by Gasteiger charge is -2.20. The van der Waals surface area contributed by atoms with Crippen molar-refractivity contribution in [3.05, 3.63) is 68.9 Å². The van der Waals surface area contributed by atoms with Gasteiger partial charge in [0, 0.05) is 0 Å². The van der Waals surface area contributed by atoms with Gasteiger partial charge in [0.1, 0.15) is 5.82 Å². The van der Waals surface area contributed by atoms with E-state index in [4.69, 9.17) is 5.84 Å². The van der Waals surface area contributed by atoms with Gasteiger partial charge in [0.2, 0.25) is 0 Å². The van der Waals surface area contributed by atoms with E-state index >= 15 is 0 Å². The van der Waals surface area contributed by atoms with Crippen LogP contribution < -0.4 is 11.3 Å². The Hall–Kier alpha value is -1.23. The number of aryl methyl sites for hydroxylation is 2. The van der Waals surface area contributed by atoms with Crippen LogP contribution in [0.5, 0.6) is 0 Å². The molecule has 1 unspecified atom stereocenters. The zero-order chi connectivity index (χ0) is 14.0. The lowest BCUT2D eigenvalue weighted by atomic mass is 9.94. The highest BCUT2D eigenvalue weighted by Crippen LogP contribution is 2.28. The average Bonchev–Trinajstić information content (AvgIpc) is 2.38. The lowest BCUT2D eigenvalue weighted by Crippen LogP contribution is -2.29. The molecule has 2 nitrogen and oxygen atoms in total. The van der Waals surface area contributed by atoms with Crippen molar-refractivity contribution in [3.8, 4) is 0 Å². The topological polar surface area (TPSA) is 38.0 Å². The highest BCUT2D eigenvalue weighted by molar-refractivity contribution is 9.10. The van der Waals surface area contributed by atoms with Crippen molar-refractivity contribution >= 4 is 15.9 Å². The first-order valence-corrected chi connectivity index (χ1v) is 6.80. The predicted molar refractivity (Wildman–Crippen MR) is 79.2 cm³/mol. The molecular formula is C15H16BrFN2. The molecule has 0 heterocycles. The van der Waals surface area contributed by atoms with E-state index in [1.54, 1.807) is 12.1 Å². The Morgan fingerprint density at radius 3 is 2.53 bits per heavy atom. The molecule has 100 valence electrons. The summed E-state index contributed by atoms with van der Waals surface area (Å²) in [5, 5.41) is 0. The summed E-state index contributed by atoms with van der Waals surface area (Å²) in [6.45, 7) is 4.08. The van der Waals surface area contributed by atoms with Gasteiger partial charge in [-0.05, 0) is 58.6 Å². The van der Waals surface area contributed by atoms with Gasteiger partial charge in [-0.2, -0.15) is 0 Å². The largest absolute Gasteiger partial charge is 0.271 e. The second kappa shape index (κ2) is 5.82. The Bertz CT molecular complexity index is 599.